The van der Waals surface area contributed by atoms with Gasteiger partial charge in [-0.15, -0.1) is 0 Å². The van der Waals surface area contributed by atoms with Crippen LogP contribution in [0.5, 0.6) is 0 Å². The number of ketones is 3. The summed E-state index contributed by atoms with van der Waals surface area (Å²) >= 11 is 6.41. The lowest BCUT2D eigenvalue weighted by molar-refractivity contribution is -0.288. The number of nitrogens with one attached hydrogen (secondary N) is 4. The van der Waals surface area contributed by atoms with E-state index in [9.17, 15) is 68.1 Å². The maximum Gasteiger partial charge on any atom is 0.347 e. The zero-order chi connectivity index (χ0) is 67.0. The minimum Gasteiger partial charge on any atom is -0.459 e. The molecule has 24 nitrogen and oxygen atoms in total. The average Bonchev–Trinajstić information content (AvgIpc) is 1.68. The van der Waals surface area contributed by atoms with Gasteiger partial charge in [0.15, 0.2) is 24.0 Å². The SMILES string of the molecule is CO[C@@H]1O[C@H](CNC(=O)CC[C@H](CC(=O)[C@@H](NC(=O)CCCC(=O)CN2C(=O)CCC2=O)C(C)C)C(=O)CCc2ccc([C@H]3O[C@@H]3[C@@H](C)[C@@H]3C/C=C/C(=O)N[C@H](Cc4ccc(C)c(Cl)c4)C(=O)NCC(C)(C)C(=O)O[C@@H](CC(C)C)C(=O)O3)cc2)[C@@H](O)[C@H](O)[C@H]1O. The van der Waals surface area contributed by atoms with Crippen molar-refractivity contribution in [2.45, 2.75) is 206 Å². The topological polar surface area (TPSA) is 349 Å². The summed E-state index contributed by atoms with van der Waals surface area (Å²) in [6.45, 7) is 13.2. The van der Waals surface area contributed by atoms with E-state index in [1.807, 2.05) is 64.1 Å². The summed E-state index contributed by atoms with van der Waals surface area (Å²) in [6, 6.07) is 10.6. The van der Waals surface area contributed by atoms with Crippen LogP contribution in [0.2, 0.25) is 5.02 Å². The average molecular weight is 1290 g/mol. The van der Waals surface area contributed by atoms with Crippen LogP contribution in [0.3, 0.4) is 0 Å². The second-order valence-corrected chi connectivity index (χ2v) is 26.1. The number of amides is 6. The first-order chi connectivity index (χ1) is 43.0. The quantitative estimate of drug-likeness (QED) is 0.0361. The van der Waals surface area contributed by atoms with E-state index >= 15 is 0 Å². The van der Waals surface area contributed by atoms with Crippen LogP contribution >= 0.6 is 11.6 Å². The van der Waals surface area contributed by atoms with Gasteiger partial charge < -0.3 is 60.3 Å². The molecule has 4 aliphatic heterocycles. The first-order valence-corrected chi connectivity index (χ1v) is 31.7. The third-order valence-corrected chi connectivity index (χ3v) is 17.4. The molecule has 13 atom stereocenters. The Morgan fingerprint density at radius 2 is 1.51 bits per heavy atom. The number of halogens is 1. The molecule has 4 aliphatic rings. The van der Waals surface area contributed by atoms with Crippen molar-refractivity contribution < 1.29 is 91.7 Å². The monoisotopic (exact) mass is 1290 g/mol. The second-order valence-electron chi connectivity index (χ2n) is 25.7. The van der Waals surface area contributed by atoms with Gasteiger partial charge in [-0.1, -0.05) is 88.7 Å². The Kier molecular flexibility index (Phi) is 27.1. The maximum atomic E-state index is 14.2. The van der Waals surface area contributed by atoms with Gasteiger partial charge in [0.2, 0.25) is 35.4 Å². The van der Waals surface area contributed by atoms with Crippen molar-refractivity contribution in [1.29, 1.82) is 0 Å². The summed E-state index contributed by atoms with van der Waals surface area (Å²) in [5.74, 6) is -7.75. The number of carbonyl (C=O) groups excluding carboxylic acids is 11. The predicted octanol–water partition coefficient (Wildman–Crippen LogP) is 3.88. The van der Waals surface area contributed by atoms with Crippen LogP contribution in [-0.2, 0) is 89.3 Å². The summed E-state index contributed by atoms with van der Waals surface area (Å²) in [5.41, 5.74) is 1.77. The molecule has 91 heavy (non-hydrogen) atoms. The number of epoxide rings is 1. The Balaban J connectivity index is 1.12. The van der Waals surface area contributed by atoms with Crippen LogP contribution in [0.4, 0.5) is 0 Å². The number of hydrogen-bond donors (Lipinski definition) is 7. The van der Waals surface area contributed by atoms with E-state index in [2.05, 4.69) is 21.3 Å². The predicted molar refractivity (Wildman–Crippen MR) is 329 cm³/mol. The number of hydrogen-bond acceptors (Lipinski definition) is 19. The third-order valence-electron chi connectivity index (χ3n) is 17.0. The van der Waals surface area contributed by atoms with E-state index in [1.165, 1.54) is 13.2 Å². The molecule has 0 bridgehead atoms. The molecule has 3 fully saturated rings. The molecule has 25 heteroatoms. The Hall–Kier alpha value is -6.80. The summed E-state index contributed by atoms with van der Waals surface area (Å²) in [6.07, 6.45) is -7.66. The highest BCUT2D eigenvalue weighted by Crippen LogP contribution is 2.45. The zero-order valence-electron chi connectivity index (χ0n) is 53.4. The largest absolute Gasteiger partial charge is 0.459 e. The number of aryl methyl sites for hydroxylation is 2. The van der Waals surface area contributed by atoms with Crippen LogP contribution < -0.4 is 21.3 Å². The van der Waals surface area contributed by atoms with E-state index < -0.39 is 149 Å². The number of aliphatic hydroxyl groups excluding tert-OH is 3. The normalized spacial score (nSPS) is 26.2. The van der Waals surface area contributed by atoms with E-state index in [1.54, 1.807) is 39.8 Å². The van der Waals surface area contributed by atoms with Crippen LogP contribution in [0.25, 0.3) is 0 Å². The molecular weight excluding hydrogens is 1200 g/mol. The maximum absolute atomic E-state index is 14.2. The summed E-state index contributed by atoms with van der Waals surface area (Å²) in [5, 5.41) is 42.4. The Bertz CT molecular complexity index is 2970. The molecule has 6 rings (SSSR count). The molecule has 2 aromatic rings. The fourth-order valence-electron chi connectivity index (χ4n) is 11.1. The Morgan fingerprint density at radius 1 is 0.824 bits per heavy atom. The minimum absolute atomic E-state index is 0.0424. The number of methoxy groups -OCH3 is 1. The molecule has 0 aliphatic carbocycles. The number of cyclic esters (lactones) is 2. The van der Waals surface area contributed by atoms with E-state index in [0.29, 0.717) is 10.6 Å². The molecule has 6 amide bonds. The number of benzene rings is 2. The first kappa shape index (κ1) is 73.3. The van der Waals surface area contributed by atoms with Crippen molar-refractivity contribution in [2.24, 2.45) is 29.1 Å². The lowest BCUT2D eigenvalue weighted by Crippen LogP contribution is -2.60. The van der Waals surface area contributed by atoms with Gasteiger partial charge in [0, 0.05) is 94.8 Å². The summed E-state index contributed by atoms with van der Waals surface area (Å²) in [7, 11) is 1.24. The van der Waals surface area contributed by atoms with Gasteiger partial charge in [0.25, 0.3) is 0 Å². The number of aliphatic hydroxyl groups is 3. The summed E-state index contributed by atoms with van der Waals surface area (Å²) < 4.78 is 28.9. The highest BCUT2D eigenvalue weighted by atomic mass is 35.5. The van der Waals surface area contributed by atoms with Gasteiger partial charge >= 0.3 is 11.9 Å². The van der Waals surface area contributed by atoms with Crippen LogP contribution in [0.1, 0.15) is 147 Å². The van der Waals surface area contributed by atoms with E-state index in [-0.39, 0.29) is 115 Å². The summed E-state index contributed by atoms with van der Waals surface area (Å²) in [4.78, 5) is 147. The molecular formula is C66H90ClN5O19. The molecule has 2 aromatic carbocycles. The van der Waals surface area contributed by atoms with Crippen molar-refractivity contribution in [2.75, 3.05) is 26.7 Å². The highest BCUT2D eigenvalue weighted by molar-refractivity contribution is 6.31. The molecule has 0 spiro atoms. The lowest BCUT2D eigenvalue weighted by Gasteiger charge is -2.39. The second kappa shape index (κ2) is 33.7. The van der Waals surface area contributed by atoms with Crippen molar-refractivity contribution in [3.8, 4) is 0 Å². The Morgan fingerprint density at radius 3 is 2.15 bits per heavy atom. The molecule has 0 unspecified atom stereocenters. The van der Waals surface area contributed by atoms with Gasteiger partial charge in [0.05, 0.1) is 24.1 Å². The smallest absolute Gasteiger partial charge is 0.347 e. The number of imide groups is 1. The van der Waals surface area contributed by atoms with Crippen molar-refractivity contribution >= 4 is 76.3 Å². The fourth-order valence-corrected chi connectivity index (χ4v) is 11.3. The Labute approximate surface area is 535 Å². The van der Waals surface area contributed by atoms with E-state index in [4.69, 9.17) is 35.3 Å². The molecule has 3 saturated heterocycles. The number of likely N-dealkylation sites (tertiary alicyclic amines) is 1. The zero-order valence-corrected chi connectivity index (χ0v) is 54.1. The minimum atomic E-state index is -1.63. The van der Waals surface area contributed by atoms with E-state index in [0.717, 1.165) is 21.6 Å². The lowest BCUT2D eigenvalue weighted by atomic mass is 9.85. The van der Waals surface area contributed by atoms with Crippen molar-refractivity contribution in [1.82, 2.24) is 26.2 Å². The highest BCUT2D eigenvalue weighted by Gasteiger charge is 2.49. The van der Waals surface area contributed by atoms with Crippen LogP contribution in [0, 0.1) is 36.0 Å². The van der Waals surface area contributed by atoms with Crippen LogP contribution in [-0.4, -0.2) is 173 Å². The van der Waals surface area contributed by atoms with Gasteiger partial charge in [-0.2, -0.15) is 0 Å². The van der Waals surface area contributed by atoms with Gasteiger partial charge in [0.1, 0.15) is 48.4 Å². The number of esters is 2. The molecule has 500 valence electrons. The number of ether oxygens (including phenoxy) is 5. The standard InChI is InChI=1S/C66H90ClN5O19/c1-35(2)28-49-63(85)88-48(13-11-15-52(77)70-45(30-40-17-16-37(5)44(67)29-40)62(84)69-34-66(7,8)65(86)90-49)38(6)60-61(91-60)41-21-18-39(19-22-41)20-24-46(74)42(23-25-51(76)68-32-50-57(81)58(82)59(83)64(87-9)89-50)31-47(75)56(36(3)4)71-53(78)14-10-12-43(73)33-72-54(79)26-27-55(72)80/h11,15-19,21-22,29,35-36,38,42,45,48-50,56-61,64,81-83H,10,12-14,20,23-28,30-34H2,1-9H3,(H,68,76)(H,69,84)(H,70,77)(H,71,78)/b15-11+/t38-,42+,45+,48-,49-,50+,56-,57+,58-,59+,60+,61+,64+/m0/s1. The van der Waals surface area contributed by atoms with Gasteiger partial charge in [-0.3, -0.25) is 52.8 Å². The number of Topliss-reactive ketones (excluding diaryl/α,β-unsaturated/α-hetero) is 3. The molecule has 0 saturated carbocycles. The van der Waals surface area contributed by atoms with Crippen LogP contribution in [0.15, 0.2) is 54.6 Å². The number of nitrogens with zero attached hydrogens (tertiary/aromatic N) is 1. The van der Waals surface area contributed by atoms with Gasteiger partial charge in [-0.25, -0.2) is 4.79 Å². The molecule has 0 aromatic heterocycles. The molecule has 0 radical (unpaired) electrons. The fraction of sp³-hybridized carbons (Fsp3) is 0.621. The first-order valence-electron chi connectivity index (χ1n) is 31.3. The van der Waals surface area contributed by atoms with Crippen molar-refractivity contribution in [3.05, 3.63) is 81.9 Å². The molecule has 4 heterocycles. The van der Waals surface area contributed by atoms with Crippen molar-refractivity contribution in [3.63, 3.8) is 0 Å². The number of carbonyl (C=O) groups is 11. The number of rotatable bonds is 28. The van der Waals surface area contributed by atoms with Gasteiger partial charge in [-0.05, 0) is 92.7 Å². The third kappa shape index (κ3) is 21.4. The molecule has 7 N–H and O–H groups in total.